The summed E-state index contributed by atoms with van der Waals surface area (Å²) in [6.45, 7) is 2.11. The van der Waals surface area contributed by atoms with Crippen LogP contribution in [0.5, 0.6) is 0 Å². The van der Waals surface area contributed by atoms with Crippen molar-refractivity contribution in [1.29, 1.82) is 0 Å². The minimum atomic E-state index is -0.502. The molecular weight excluding hydrogens is 328 g/mol. The SMILES string of the molecule is CC(NC(=O)c1cnc2c(c1)ncn2C)C12CC3CC(CC(O)(C3)C1)C2. The highest BCUT2D eigenvalue weighted by molar-refractivity contribution is 5.96. The number of imidazole rings is 1. The third-order valence-electron chi connectivity index (χ3n) is 7.16. The van der Waals surface area contributed by atoms with Gasteiger partial charge < -0.3 is 15.0 Å². The number of amides is 1. The van der Waals surface area contributed by atoms with E-state index in [2.05, 4.69) is 22.2 Å². The van der Waals surface area contributed by atoms with E-state index >= 15 is 0 Å². The quantitative estimate of drug-likeness (QED) is 0.887. The van der Waals surface area contributed by atoms with Gasteiger partial charge in [-0.2, -0.15) is 0 Å². The molecule has 2 aromatic heterocycles. The van der Waals surface area contributed by atoms with Gasteiger partial charge in [0, 0.05) is 19.3 Å². The summed E-state index contributed by atoms with van der Waals surface area (Å²) in [5.74, 6) is 1.14. The highest BCUT2D eigenvalue weighted by Gasteiger charge is 2.59. The Kier molecular flexibility index (Phi) is 3.30. The van der Waals surface area contributed by atoms with E-state index in [1.807, 2.05) is 11.6 Å². The topological polar surface area (TPSA) is 80.0 Å². The summed E-state index contributed by atoms with van der Waals surface area (Å²) in [4.78, 5) is 21.5. The zero-order valence-electron chi connectivity index (χ0n) is 15.4. The van der Waals surface area contributed by atoms with E-state index in [1.54, 1.807) is 18.6 Å². The molecule has 3 unspecified atom stereocenters. The maximum atomic E-state index is 12.8. The fourth-order valence-electron chi connectivity index (χ4n) is 6.36. The molecule has 6 rings (SSSR count). The molecule has 1 amide bonds. The molecule has 4 fully saturated rings. The lowest BCUT2D eigenvalue weighted by Crippen LogP contribution is -2.61. The molecular formula is C20H26N4O2. The number of nitrogens with one attached hydrogen (secondary N) is 1. The van der Waals surface area contributed by atoms with Crippen molar-refractivity contribution in [2.24, 2.45) is 24.3 Å². The molecule has 6 nitrogen and oxygen atoms in total. The summed E-state index contributed by atoms with van der Waals surface area (Å²) in [5, 5.41) is 14.2. The summed E-state index contributed by atoms with van der Waals surface area (Å²) >= 11 is 0. The van der Waals surface area contributed by atoms with Gasteiger partial charge in [-0.3, -0.25) is 4.79 Å². The van der Waals surface area contributed by atoms with Crippen LogP contribution >= 0.6 is 0 Å². The Morgan fingerprint density at radius 2 is 2.04 bits per heavy atom. The van der Waals surface area contributed by atoms with Crippen LogP contribution in [0.3, 0.4) is 0 Å². The first-order valence-electron chi connectivity index (χ1n) is 9.66. The number of nitrogens with zero attached hydrogens (tertiary/aromatic N) is 3. The fraction of sp³-hybridized carbons (Fsp3) is 0.650. The van der Waals surface area contributed by atoms with Crippen LogP contribution < -0.4 is 5.32 Å². The molecule has 4 aliphatic carbocycles. The third kappa shape index (κ3) is 2.38. The monoisotopic (exact) mass is 354 g/mol. The van der Waals surface area contributed by atoms with Crippen LogP contribution in [-0.2, 0) is 7.05 Å². The number of aryl methyl sites for hydroxylation is 1. The van der Waals surface area contributed by atoms with Crippen molar-refractivity contribution in [2.75, 3.05) is 0 Å². The molecule has 2 aromatic rings. The second kappa shape index (κ2) is 5.28. The van der Waals surface area contributed by atoms with E-state index in [0.717, 1.165) is 43.3 Å². The van der Waals surface area contributed by atoms with Crippen molar-refractivity contribution in [2.45, 2.75) is 57.1 Å². The maximum Gasteiger partial charge on any atom is 0.253 e. The summed E-state index contributed by atoms with van der Waals surface area (Å²) in [7, 11) is 1.89. The summed E-state index contributed by atoms with van der Waals surface area (Å²) in [6, 6.07) is 1.85. The minimum Gasteiger partial charge on any atom is -0.390 e. The van der Waals surface area contributed by atoms with Crippen LogP contribution in [0.25, 0.3) is 11.2 Å². The van der Waals surface area contributed by atoms with Crippen LogP contribution in [0.4, 0.5) is 0 Å². The molecule has 4 bridgehead atoms. The van der Waals surface area contributed by atoms with Crippen molar-refractivity contribution < 1.29 is 9.90 Å². The summed E-state index contributed by atoms with van der Waals surface area (Å²) in [5.41, 5.74) is 1.59. The van der Waals surface area contributed by atoms with Gasteiger partial charge in [-0.25, -0.2) is 9.97 Å². The van der Waals surface area contributed by atoms with E-state index < -0.39 is 5.60 Å². The maximum absolute atomic E-state index is 12.8. The van der Waals surface area contributed by atoms with Crippen molar-refractivity contribution in [1.82, 2.24) is 19.9 Å². The number of carbonyl (C=O) groups is 1. The van der Waals surface area contributed by atoms with Gasteiger partial charge in [-0.1, -0.05) is 0 Å². The van der Waals surface area contributed by atoms with Crippen molar-refractivity contribution in [3.05, 3.63) is 24.2 Å². The normalized spacial score (nSPS) is 36.4. The molecule has 26 heavy (non-hydrogen) atoms. The standard InChI is InChI=1S/C20H26N4O2/c1-12(19-5-13-3-14(6-19)8-20(26,7-13)10-19)23-18(25)15-4-16-17(21-9-15)24(2)11-22-16/h4,9,11-14,26H,3,5-8,10H2,1-2H3,(H,23,25). The van der Waals surface area contributed by atoms with Crippen molar-refractivity contribution in [3.63, 3.8) is 0 Å². The van der Waals surface area contributed by atoms with Gasteiger partial charge in [0.15, 0.2) is 5.65 Å². The van der Waals surface area contributed by atoms with Crippen LogP contribution in [0.15, 0.2) is 18.6 Å². The molecule has 4 aliphatic rings. The number of rotatable bonds is 3. The number of hydrogen-bond acceptors (Lipinski definition) is 4. The average Bonchev–Trinajstić information content (AvgIpc) is 2.93. The molecule has 0 spiro atoms. The lowest BCUT2D eigenvalue weighted by Gasteiger charge is -2.62. The van der Waals surface area contributed by atoms with Gasteiger partial charge in [0.1, 0.15) is 5.52 Å². The van der Waals surface area contributed by atoms with Crippen LogP contribution in [0.1, 0.15) is 55.8 Å². The predicted octanol–water partition coefficient (Wildman–Crippen LogP) is 2.42. The summed E-state index contributed by atoms with van der Waals surface area (Å²) < 4.78 is 1.84. The molecule has 4 saturated carbocycles. The van der Waals surface area contributed by atoms with E-state index in [-0.39, 0.29) is 17.4 Å². The molecule has 2 N–H and O–H groups in total. The van der Waals surface area contributed by atoms with Gasteiger partial charge in [-0.15, -0.1) is 0 Å². The minimum absolute atomic E-state index is 0.0387. The molecule has 0 aliphatic heterocycles. The van der Waals surface area contributed by atoms with Crippen LogP contribution in [0.2, 0.25) is 0 Å². The lowest BCUT2D eigenvalue weighted by molar-refractivity contribution is -0.171. The van der Waals surface area contributed by atoms with Gasteiger partial charge in [0.05, 0.1) is 17.5 Å². The molecule has 0 saturated heterocycles. The lowest BCUT2D eigenvalue weighted by atomic mass is 9.46. The molecule has 138 valence electrons. The fourth-order valence-corrected chi connectivity index (χ4v) is 6.36. The molecule has 0 radical (unpaired) electrons. The number of pyridine rings is 1. The summed E-state index contributed by atoms with van der Waals surface area (Å²) in [6.07, 6.45) is 9.57. The Hall–Kier alpha value is -1.95. The molecule has 2 heterocycles. The predicted molar refractivity (Wildman–Crippen MR) is 97.5 cm³/mol. The van der Waals surface area contributed by atoms with Crippen LogP contribution in [0, 0.1) is 17.3 Å². The first-order valence-corrected chi connectivity index (χ1v) is 9.66. The first-order chi connectivity index (χ1) is 12.4. The molecule has 0 aromatic carbocycles. The molecule has 3 atom stereocenters. The number of carbonyl (C=O) groups excluding carboxylic acids is 1. The van der Waals surface area contributed by atoms with Gasteiger partial charge in [0.25, 0.3) is 5.91 Å². The van der Waals surface area contributed by atoms with E-state index in [1.165, 1.54) is 6.42 Å². The average molecular weight is 354 g/mol. The smallest absolute Gasteiger partial charge is 0.253 e. The van der Waals surface area contributed by atoms with E-state index in [4.69, 9.17) is 0 Å². The Morgan fingerprint density at radius 1 is 1.31 bits per heavy atom. The number of hydrogen-bond donors (Lipinski definition) is 2. The highest BCUT2D eigenvalue weighted by Crippen LogP contribution is 2.62. The van der Waals surface area contributed by atoms with Crippen LogP contribution in [-0.4, -0.2) is 37.2 Å². The highest BCUT2D eigenvalue weighted by atomic mass is 16.3. The second-order valence-electron chi connectivity index (χ2n) is 9.17. The zero-order chi connectivity index (χ0) is 18.1. The van der Waals surface area contributed by atoms with Gasteiger partial charge in [-0.05, 0) is 68.8 Å². The van der Waals surface area contributed by atoms with E-state index in [0.29, 0.717) is 17.4 Å². The number of aromatic nitrogens is 3. The number of fused-ring (bicyclic) bond motifs is 1. The van der Waals surface area contributed by atoms with Gasteiger partial charge >= 0.3 is 0 Å². The van der Waals surface area contributed by atoms with Crippen molar-refractivity contribution in [3.8, 4) is 0 Å². The molecule has 6 heteroatoms. The Morgan fingerprint density at radius 3 is 2.73 bits per heavy atom. The third-order valence-corrected chi connectivity index (χ3v) is 7.16. The van der Waals surface area contributed by atoms with E-state index in [9.17, 15) is 9.90 Å². The Balaban J connectivity index is 1.37. The van der Waals surface area contributed by atoms with Crippen molar-refractivity contribution >= 4 is 17.1 Å². The zero-order valence-corrected chi connectivity index (χ0v) is 15.4. The first kappa shape index (κ1) is 16.2. The Bertz CT molecular complexity index is 875. The number of aliphatic hydroxyl groups is 1. The van der Waals surface area contributed by atoms with Gasteiger partial charge in [0.2, 0.25) is 0 Å². The second-order valence-corrected chi connectivity index (χ2v) is 9.17. The largest absolute Gasteiger partial charge is 0.390 e. The Labute approximate surface area is 153 Å².